The minimum absolute atomic E-state index is 0.126. The number of aromatic nitrogens is 3. The first-order valence-electron chi connectivity index (χ1n) is 9.97. The molecule has 1 atom stereocenters. The average Bonchev–Trinajstić information content (AvgIpc) is 3.17. The highest BCUT2D eigenvalue weighted by Crippen LogP contribution is 2.26. The maximum atomic E-state index is 12.6. The van der Waals surface area contributed by atoms with Crippen LogP contribution in [0.3, 0.4) is 0 Å². The number of aryl methyl sites for hydroxylation is 1. The van der Waals surface area contributed by atoms with E-state index in [0.717, 1.165) is 5.56 Å². The second-order valence-electron chi connectivity index (χ2n) is 7.06. The molecule has 2 amide bonds. The minimum Gasteiger partial charge on any atom is -0.342 e. The van der Waals surface area contributed by atoms with Gasteiger partial charge in [-0.05, 0) is 50.6 Å². The molecule has 3 rings (SSSR count). The Morgan fingerprint density at radius 1 is 1.16 bits per heavy atom. The molecule has 2 aromatic carbocycles. The van der Waals surface area contributed by atoms with Crippen LogP contribution in [-0.2, 0) is 11.3 Å². The molecule has 3 aromatic rings. The van der Waals surface area contributed by atoms with E-state index < -0.39 is 0 Å². The van der Waals surface area contributed by atoms with Crippen molar-refractivity contribution in [2.45, 2.75) is 38.5 Å². The summed E-state index contributed by atoms with van der Waals surface area (Å²) in [5, 5.41) is 15.7. The number of benzene rings is 2. The number of nitrogens with one attached hydrogen (secondary N) is 2. The summed E-state index contributed by atoms with van der Waals surface area (Å²) < 4.78 is 1.88. The van der Waals surface area contributed by atoms with Crippen LogP contribution < -0.4 is 10.6 Å². The van der Waals surface area contributed by atoms with Crippen molar-refractivity contribution >= 4 is 52.5 Å². The van der Waals surface area contributed by atoms with Gasteiger partial charge in [0.2, 0.25) is 5.91 Å². The lowest BCUT2D eigenvalue weighted by atomic mass is 10.1. The van der Waals surface area contributed by atoms with Gasteiger partial charge >= 0.3 is 0 Å². The largest absolute Gasteiger partial charge is 0.342 e. The summed E-state index contributed by atoms with van der Waals surface area (Å²) in [6.07, 6.45) is 0. The highest BCUT2D eigenvalue weighted by Gasteiger charge is 2.21. The lowest BCUT2D eigenvalue weighted by molar-refractivity contribution is -0.113. The van der Waals surface area contributed by atoms with E-state index in [0.29, 0.717) is 38.8 Å². The van der Waals surface area contributed by atoms with Crippen LogP contribution >= 0.6 is 35.0 Å². The van der Waals surface area contributed by atoms with E-state index in [1.807, 2.05) is 43.5 Å². The Hall–Kier alpha value is -2.55. The molecule has 0 unspecified atom stereocenters. The third-order valence-corrected chi connectivity index (χ3v) is 6.24. The number of rotatable bonds is 8. The van der Waals surface area contributed by atoms with Crippen LogP contribution in [0.2, 0.25) is 10.0 Å². The van der Waals surface area contributed by atoms with Crippen molar-refractivity contribution in [3.63, 3.8) is 0 Å². The van der Waals surface area contributed by atoms with Crippen molar-refractivity contribution in [2.24, 2.45) is 0 Å². The summed E-state index contributed by atoms with van der Waals surface area (Å²) in [5.41, 5.74) is 2.01. The van der Waals surface area contributed by atoms with Crippen molar-refractivity contribution in [2.75, 3.05) is 11.1 Å². The van der Waals surface area contributed by atoms with Gasteiger partial charge in [-0.25, -0.2) is 0 Å². The summed E-state index contributed by atoms with van der Waals surface area (Å²) >= 11 is 13.2. The number of carbonyl (C=O) groups is 2. The van der Waals surface area contributed by atoms with Crippen LogP contribution in [0.25, 0.3) is 0 Å². The average molecular weight is 492 g/mol. The standard InChI is InChI=1S/C22H23Cl2N5O2S/c1-4-29-20(14(3)25-21(31)16-8-6-5-7-13(16)2)27-28-22(29)32-12-19(30)26-18-10-9-15(23)11-17(18)24/h5-11,14H,4,12H2,1-3H3,(H,25,31)(H,26,30)/t14-/m1/s1. The lowest BCUT2D eigenvalue weighted by Gasteiger charge is -2.16. The number of anilines is 1. The lowest BCUT2D eigenvalue weighted by Crippen LogP contribution is -2.29. The molecule has 0 saturated carbocycles. The first-order chi connectivity index (χ1) is 15.3. The Bertz CT molecular complexity index is 1140. The Morgan fingerprint density at radius 2 is 1.91 bits per heavy atom. The van der Waals surface area contributed by atoms with E-state index >= 15 is 0 Å². The molecule has 168 valence electrons. The van der Waals surface area contributed by atoms with E-state index in [1.165, 1.54) is 11.8 Å². The number of nitrogens with zero attached hydrogens (tertiary/aromatic N) is 3. The maximum absolute atomic E-state index is 12.6. The molecule has 0 bridgehead atoms. The molecule has 2 N–H and O–H groups in total. The molecule has 1 aromatic heterocycles. The summed E-state index contributed by atoms with van der Waals surface area (Å²) in [5.74, 6) is 0.348. The quantitative estimate of drug-likeness (QED) is 0.426. The predicted molar refractivity (Wildman–Crippen MR) is 129 cm³/mol. The molecule has 0 spiro atoms. The molecule has 1 heterocycles. The van der Waals surface area contributed by atoms with Crippen molar-refractivity contribution in [1.29, 1.82) is 0 Å². The molecule has 0 saturated heterocycles. The molecule has 0 aliphatic carbocycles. The fraction of sp³-hybridized carbons (Fsp3) is 0.273. The number of thioether (sulfide) groups is 1. The Kier molecular flexibility index (Phi) is 8.17. The van der Waals surface area contributed by atoms with Gasteiger partial charge in [-0.3, -0.25) is 9.59 Å². The van der Waals surface area contributed by atoms with E-state index in [2.05, 4.69) is 20.8 Å². The molecule has 0 aliphatic heterocycles. The molecule has 10 heteroatoms. The van der Waals surface area contributed by atoms with Crippen LogP contribution in [0.15, 0.2) is 47.6 Å². The fourth-order valence-electron chi connectivity index (χ4n) is 3.10. The summed E-state index contributed by atoms with van der Waals surface area (Å²) in [6.45, 7) is 6.31. The van der Waals surface area contributed by atoms with Gasteiger partial charge in [0.15, 0.2) is 11.0 Å². The molecule has 0 aliphatic rings. The molecule has 0 radical (unpaired) electrons. The van der Waals surface area contributed by atoms with Crippen LogP contribution in [0, 0.1) is 6.92 Å². The Balaban J connectivity index is 1.64. The van der Waals surface area contributed by atoms with E-state index in [4.69, 9.17) is 23.2 Å². The normalized spacial score (nSPS) is 11.8. The van der Waals surface area contributed by atoms with E-state index in [9.17, 15) is 9.59 Å². The fourth-order valence-corrected chi connectivity index (χ4v) is 4.36. The van der Waals surface area contributed by atoms with Gasteiger partial charge in [0.25, 0.3) is 5.91 Å². The van der Waals surface area contributed by atoms with Crippen molar-refractivity contribution in [3.8, 4) is 0 Å². The molecular formula is C22H23Cl2N5O2S. The zero-order valence-electron chi connectivity index (χ0n) is 17.9. The second-order valence-corrected chi connectivity index (χ2v) is 8.84. The zero-order chi connectivity index (χ0) is 23.3. The van der Waals surface area contributed by atoms with Gasteiger partial charge in [0.05, 0.1) is 22.5 Å². The van der Waals surface area contributed by atoms with Crippen molar-refractivity contribution in [3.05, 3.63) is 69.5 Å². The van der Waals surface area contributed by atoms with Crippen LogP contribution in [0.1, 0.15) is 41.6 Å². The van der Waals surface area contributed by atoms with Gasteiger partial charge in [0, 0.05) is 17.1 Å². The highest BCUT2D eigenvalue weighted by molar-refractivity contribution is 7.99. The first-order valence-corrected chi connectivity index (χ1v) is 11.7. The molecular weight excluding hydrogens is 469 g/mol. The van der Waals surface area contributed by atoms with Crippen LogP contribution in [0.4, 0.5) is 5.69 Å². The van der Waals surface area contributed by atoms with Gasteiger partial charge in [0.1, 0.15) is 0 Å². The van der Waals surface area contributed by atoms with E-state index in [1.54, 1.807) is 24.3 Å². The third kappa shape index (κ3) is 5.82. The molecule has 32 heavy (non-hydrogen) atoms. The minimum atomic E-state index is -0.356. The van der Waals surface area contributed by atoms with Gasteiger partial charge in [-0.2, -0.15) is 0 Å². The monoisotopic (exact) mass is 491 g/mol. The van der Waals surface area contributed by atoms with Gasteiger partial charge in [-0.1, -0.05) is 53.2 Å². The summed E-state index contributed by atoms with van der Waals surface area (Å²) in [7, 11) is 0. The number of halogens is 2. The van der Waals surface area contributed by atoms with E-state index in [-0.39, 0.29) is 23.6 Å². The zero-order valence-corrected chi connectivity index (χ0v) is 20.2. The molecule has 0 fully saturated rings. The summed E-state index contributed by atoms with van der Waals surface area (Å²) in [4.78, 5) is 25.0. The number of hydrogen-bond acceptors (Lipinski definition) is 5. The summed E-state index contributed by atoms with van der Waals surface area (Å²) in [6, 6.07) is 11.9. The third-order valence-electron chi connectivity index (χ3n) is 4.72. The topological polar surface area (TPSA) is 88.9 Å². The second kappa shape index (κ2) is 10.8. The molecule has 7 nitrogen and oxygen atoms in total. The SMILES string of the molecule is CCn1c(SCC(=O)Nc2ccc(Cl)cc2Cl)nnc1[C@@H](C)NC(=O)c1ccccc1C. The van der Waals surface area contributed by atoms with Gasteiger partial charge in [-0.15, -0.1) is 10.2 Å². The van der Waals surface area contributed by atoms with Crippen LogP contribution in [-0.4, -0.2) is 32.3 Å². The Morgan fingerprint density at radius 3 is 2.59 bits per heavy atom. The smallest absolute Gasteiger partial charge is 0.252 e. The number of hydrogen-bond donors (Lipinski definition) is 2. The predicted octanol–water partition coefficient (Wildman–Crippen LogP) is 5.14. The van der Waals surface area contributed by atoms with Crippen molar-refractivity contribution in [1.82, 2.24) is 20.1 Å². The Labute approximate surface area is 200 Å². The number of carbonyl (C=O) groups excluding carboxylic acids is 2. The van der Waals surface area contributed by atoms with Crippen LogP contribution in [0.5, 0.6) is 0 Å². The first kappa shape index (κ1) is 24.1. The van der Waals surface area contributed by atoms with Crippen molar-refractivity contribution < 1.29 is 9.59 Å². The van der Waals surface area contributed by atoms with Gasteiger partial charge < -0.3 is 15.2 Å². The maximum Gasteiger partial charge on any atom is 0.252 e. The highest BCUT2D eigenvalue weighted by atomic mass is 35.5. The number of amides is 2.